The van der Waals surface area contributed by atoms with Crippen molar-refractivity contribution in [3.05, 3.63) is 22.7 Å². The lowest BCUT2D eigenvalue weighted by Gasteiger charge is -2.22. The summed E-state index contributed by atoms with van der Waals surface area (Å²) in [6, 6.07) is 5.24. The van der Waals surface area contributed by atoms with E-state index in [1.54, 1.807) is 18.2 Å². The van der Waals surface area contributed by atoms with Crippen LogP contribution in [-0.4, -0.2) is 31.8 Å². The largest absolute Gasteiger partial charge is 0.399 e. The number of carbonyl (C=O) groups excluding carboxylic acids is 1. The normalized spacial score (nSPS) is 16.3. The Morgan fingerprint density at radius 1 is 1.47 bits per heavy atom. The minimum atomic E-state index is -0.169. The molecule has 0 bridgehead atoms. The predicted molar refractivity (Wildman–Crippen MR) is 77.0 cm³/mol. The summed E-state index contributed by atoms with van der Waals surface area (Å²) >= 11 is 3.35. The van der Waals surface area contributed by atoms with Crippen LogP contribution in [0.4, 0.5) is 11.4 Å². The fourth-order valence-electron chi connectivity index (χ4n) is 1.86. The van der Waals surface area contributed by atoms with Gasteiger partial charge in [-0.25, -0.2) is 0 Å². The molecule has 1 aliphatic heterocycles. The van der Waals surface area contributed by atoms with Crippen LogP contribution in [0.3, 0.4) is 0 Å². The van der Waals surface area contributed by atoms with E-state index in [-0.39, 0.29) is 18.6 Å². The van der Waals surface area contributed by atoms with Gasteiger partial charge in [-0.2, -0.15) is 0 Å². The van der Waals surface area contributed by atoms with Crippen molar-refractivity contribution in [2.24, 2.45) is 0 Å². The van der Waals surface area contributed by atoms with Crippen LogP contribution < -0.4 is 11.1 Å². The zero-order chi connectivity index (χ0) is 13.7. The summed E-state index contributed by atoms with van der Waals surface area (Å²) in [5.41, 5.74) is 6.97. The lowest BCUT2D eigenvalue weighted by Crippen LogP contribution is -2.28. The van der Waals surface area contributed by atoms with Crippen molar-refractivity contribution < 1.29 is 14.3 Å². The average Bonchev–Trinajstić information content (AvgIpc) is 2.41. The molecule has 1 fully saturated rings. The van der Waals surface area contributed by atoms with Crippen molar-refractivity contribution in [2.75, 3.05) is 30.9 Å². The molecule has 6 heteroatoms. The lowest BCUT2D eigenvalue weighted by atomic mass is 10.1. The SMILES string of the molecule is Nc1ccc(NC(=O)COC2CCOCC2)c(Br)c1. The molecule has 1 aliphatic rings. The van der Waals surface area contributed by atoms with E-state index in [9.17, 15) is 4.79 Å². The molecule has 1 aromatic rings. The Kier molecular flexibility index (Phi) is 5.18. The summed E-state index contributed by atoms with van der Waals surface area (Å²) in [7, 11) is 0. The predicted octanol–water partition coefficient (Wildman–Crippen LogP) is 2.17. The quantitative estimate of drug-likeness (QED) is 0.831. The maximum atomic E-state index is 11.8. The lowest BCUT2D eigenvalue weighted by molar-refractivity contribution is -0.124. The molecule has 5 nitrogen and oxygen atoms in total. The Labute approximate surface area is 120 Å². The van der Waals surface area contributed by atoms with E-state index in [0.29, 0.717) is 24.6 Å². The van der Waals surface area contributed by atoms with E-state index in [0.717, 1.165) is 17.3 Å². The topological polar surface area (TPSA) is 73.6 Å². The number of nitrogens with two attached hydrogens (primary N) is 1. The summed E-state index contributed by atoms with van der Waals surface area (Å²) in [5.74, 6) is -0.169. The van der Waals surface area contributed by atoms with Crippen LogP contribution >= 0.6 is 15.9 Å². The van der Waals surface area contributed by atoms with E-state index in [1.807, 2.05) is 0 Å². The highest BCUT2D eigenvalue weighted by Crippen LogP contribution is 2.24. The van der Waals surface area contributed by atoms with E-state index >= 15 is 0 Å². The highest BCUT2D eigenvalue weighted by molar-refractivity contribution is 9.10. The molecule has 1 heterocycles. The van der Waals surface area contributed by atoms with Crippen LogP contribution in [0.25, 0.3) is 0 Å². The summed E-state index contributed by atoms with van der Waals surface area (Å²) in [5, 5.41) is 2.78. The fraction of sp³-hybridized carbons (Fsp3) is 0.462. The van der Waals surface area contributed by atoms with Gasteiger partial charge in [0.05, 0.1) is 11.8 Å². The zero-order valence-corrected chi connectivity index (χ0v) is 12.1. The van der Waals surface area contributed by atoms with Crippen LogP contribution in [0, 0.1) is 0 Å². The van der Waals surface area contributed by atoms with Gasteiger partial charge in [0.1, 0.15) is 6.61 Å². The molecule has 104 valence electrons. The van der Waals surface area contributed by atoms with Gasteiger partial charge < -0.3 is 20.5 Å². The molecule has 0 spiro atoms. The highest BCUT2D eigenvalue weighted by Gasteiger charge is 2.15. The third-order valence-corrected chi connectivity index (χ3v) is 3.54. The maximum Gasteiger partial charge on any atom is 0.250 e. The minimum absolute atomic E-state index is 0.0570. The molecule has 0 unspecified atom stereocenters. The summed E-state index contributed by atoms with van der Waals surface area (Å²) in [4.78, 5) is 11.8. The second kappa shape index (κ2) is 6.88. The molecule has 0 radical (unpaired) electrons. The molecule has 3 N–H and O–H groups in total. The Balaban J connectivity index is 1.80. The average molecular weight is 329 g/mol. The van der Waals surface area contributed by atoms with E-state index in [1.165, 1.54) is 0 Å². The van der Waals surface area contributed by atoms with Gasteiger partial charge in [0.15, 0.2) is 0 Å². The Bertz CT molecular complexity index is 448. The standard InChI is InChI=1S/C13H17BrN2O3/c14-11-7-9(15)1-2-12(11)16-13(17)8-19-10-3-5-18-6-4-10/h1-2,7,10H,3-6,8,15H2,(H,16,17). The Morgan fingerprint density at radius 3 is 2.89 bits per heavy atom. The van der Waals surface area contributed by atoms with E-state index in [4.69, 9.17) is 15.2 Å². The van der Waals surface area contributed by atoms with Gasteiger partial charge in [0, 0.05) is 23.4 Å². The number of hydrogen-bond donors (Lipinski definition) is 2. The number of rotatable bonds is 4. The van der Waals surface area contributed by atoms with Gasteiger partial charge >= 0.3 is 0 Å². The molecule has 1 aromatic carbocycles. The van der Waals surface area contributed by atoms with Gasteiger partial charge in [-0.15, -0.1) is 0 Å². The minimum Gasteiger partial charge on any atom is -0.399 e. The number of carbonyl (C=O) groups is 1. The third kappa shape index (κ3) is 4.49. The molecule has 0 atom stereocenters. The first-order chi connectivity index (χ1) is 9.15. The first-order valence-corrected chi connectivity index (χ1v) is 6.98. The van der Waals surface area contributed by atoms with Gasteiger partial charge in [-0.05, 0) is 47.0 Å². The van der Waals surface area contributed by atoms with Gasteiger partial charge in [0.2, 0.25) is 5.91 Å². The Morgan fingerprint density at radius 2 is 2.21 bits per heavy atom. The fourth-order valence-corrected chi connectivity index (χ4v) is 2.35. The van der Waals surface area contributed by atoms with Crippen molar-refractivity contribution >= 4 is 33.2 Å². The summed E-state index contributed by atoms with van der Waals surface area (Å²) in [6.45, 7) is 1.47. The van der Waals surface area contributed by atoms with Crippen molar-refractivity contribution in [1.29, 1.82) is 0 Å². The maximum absolute atomic E-state index is 11.8. The number of nitrogens with one attached hydrogen (secondary N) is 1. The molecular formula is C13H17BrN2O3. The van der Waals surface area contributed by atoms with Crippen LogP contribution in [0.15, 0.2) is 22.7 Å². The van der Waals surface area contributed by atoms with E-state index in [2.05, 4.69) is 21.2 Å². The molecule has 1 saturated heterocycles. The van der Waals surface area contributed by atoms with Crippen molar-refractivity contribution in [2.45, 2.75) is 18.9 Å². The van der Waals surface area contributed by atoms with Gasteiger partial charge in [0.25, 0.3) is 0 Å². The first-order valence-electron chi connectivity index (χ1n) is 6.19. The van der Waals surface area contributed by atoms with E-state index < -0.39 is 0 Å². The highest BCUT2D eigenvalue weighted by atomic mass is 79.9. The molecule has 0 aromatic heterocycles. The monoisotopic (exact) mass is 328 g/mol. The number of amides is 1. The number of nitrogen functional groups attached to an aromatic ring is 1. The van der Waals surface area contributed by atoms with Crippen molar-refractivity contribution in [3.63, 3.8) is 0 Å². The number of ether oxygens (including phenoxy) is 2. The number of hydrogen-bond acceptors (Lipinski definition) is 4. The van der Waals surface area contributed by atoms with Crippen LogP contribution in [0.2, 0.25) is 0 Å². The molecule has 2 rings (SSSR count). The summed E-state index contributed by atoms with van der Waals surface area (Å²) in [6.07, 6.45) is 1.81. The van der Waals surface area contributed by atoms with Crippen molar-refractivity contribution in [1.82, 2.24) is 0 Å². The number of halogens is 1. The van der Waals surface area contributed by atoms with Crippen LogP contribution in [-0.2, 0) is 14.3 Å². The first kappa shape index (κ1) is 14.3. The zero-order valence-electron chi connectivity index (χ0n) is 10.5. The van der Waals surface area contributed by atoms with Crippen LogP contribution in [0.5, 0.6) is 0 Å². The molecule has 0 saturated carbocycles. The number of benzene rings is 1. The second-order valence-corrected chi connectivity index (χ2v) is 5.26. The van der Waals surface area contributed by atoms with Gasteiger partial charge in [-0.3, -0.25) is 4.79 Å². The second-order valence-electron chi connectivity index (χ2n) is 4.41. The third-order valence-electron chi connectivity index (χ3n) is 2.89. The smallest absolute Gasteiger partial charge is 0.250 e. The Hall–Kier alpha value is -1.11. The molecule has 0 aliphatic carbocycles. The summed E-state index contributed by atoms with van der Waals surface area (Å²) < 4.78 is 11.5. The molecule has 1 amide bonds. The molecular weight excluding hydrogens is 312 g/mol. The number of anilines is 2. The van der Waals surface area contributed by atoms with Crippen LogP contribution in [0.1, 0.15) is 12.8 Å². The molecule has 19 heavy (non-hydrogen) atoms. The van der Waals surface area contributed by atoms with Gasteiger partial charge in [-0.1, -0.05) is 0 Å². The van der Waals surface area contributed by atoms with Crippen molar-refractivity contribution in [3.8, 4) is 0 Å².